The predicted molar refractivity (Wildman–Crippen MR) is 57.1 cm³/mol. The summed E-state index contributed by atoms with van der Waals surface area (Å²) in [7, 11) is 0. The molecule has 0 aromatic carbocycles. The molecule has 0 aliphatic heterocycles. The van der Waals surface area contributed by atoms with E-state index < -0.39 is 0 Å². The lowest BCUT2D eigenvalue weighted by atomic mass is 9.87. The first-order valence-electron chi connectivity index (χ1n) is 5.37. The molecule has 0 unspecified atom stereocenters. The Labute approximate surface area is 85.0 Å². The van der Waals surface area contributed by atoms with Crippen molar-refractivity contribution in [3.8, 4) is 0 Å². The van der Waals surface area contributed by atoms with Crippen LogP contribution in [0.3, 0.4) is 0 Å². The molecular formula is C11H17N3. The quantitative estimate of drug-likeness (QED) is 0.780. The van der Waals surface area contributed by atoms with Crippen molar-refractivity contribution in [1.29, 1.82) is 0 Å². The molecule has 1 heterocycles. The van der Waals surface area contributed by atoms with Crippen molar-refractivity contribution in [1.82, 2.24) is 9.97 Å². The summed E-state index contributed by atoms with van der Waals surface area (Å²) in [6.45, 7) is 2.33. The molecule has 0 saturated heterocycles. The Morgan fingerprint density at radius 1 is 1.29 bits per heavy atom. The zero-order valence-corrected chi connectivity index (χ0v) is 8.61. The van der Waals surface area contributed by atoms with Gasteiger partial charge in [-0.1, -0.05) is 6.92 Å². The van der Waals surface area contributed by atoms with Crippen LogP contribution in [-0.2, 0) is 0 Å². The van der Waals surface area contributed by atoms with E-state index in [4.69, 9.17) is 0 Å². The molecule has 0 bridgehead atoms. The van der Waals surface area contributed by atoms with Crippen LogP contribution in [0.1, 0.15) is 32.6 Å². The van der Waals surface area contributed by atoms with E-state index in [0.717, 1.165) is 11.7 Å². The zero-order valence-electron chi connectivity index (χ0n) is 8.61. The number of nitrogens with zero attached hydrogens (tertiary/aromatic N) is 2. The molecule has 3 nitrogen and oxygen atoms in total. The van der Waals surface area contributed by atoms with Crippen LogP contribution in [0.15, 0.2) is 18.6 Å². The van der Waals surface area contributed by atoms with Gasteiger partial charge in [-0.15, -0.1) is 0 Å². The van der Waals surface area contributed by atoms with Crippen molar-refractivity contribution in [3.63, 3.8) is 0 Å². The minimum Gasteiger partial charge on any atom is -0.367 e. The molecule has 14 heavy (non-hydrogen) atoms. The summed E-state index contributed by atoms with van der Waals surface area (Å²) in [6.07, 6.45) is 8.58. The first-order chi connectivity index (χ1) is 6.84. The zero-order chi connectivity index (χ0) is 9.80. The Bertz CT molecular complexity index is 265. The average Bonchev–Trinajstić information content (AvgIpc) is 2.23. The molecule has 2 rings (SSSR count). The van der Waals surface area contributed by atoms with Gasteiger partial charge < -0.3 is 5.32 Å². The third-order valence-electron chi connectivity index (χ3n) is 2.95. The number of nitrogens with one attached hydrogen (secondary N) is 1. The fourth-order valence-corrected chi connectivity index (χ4v) is 1.99. The second-order valence-corrected chi connectivity index (χ2v) is 4.20. The van der Waals surface area contributed by atoms with E-state index in [2.05, 4.69) is 22.2 Å². The third-order valence-corrected chi connectivity index (χ3v) is 2.95. The summed E-state index contributed by atoms with van der Waals surface area (Å²) in [4.78, 5) is 8.07. The van der Waals surface area contributed by atoms with E-state index in [-0.39, 0.29) is 0 Å². The lowest BCUT2D eigenvalue weighted by Crippen LogP contribution is -2.25. The first-order valence-corrected chi connectivity index (χ1v) is 5.37. The van der Waals surface area contributed by atoms with E-state index in [1.807, 2.05) is 6.07 Å². The minimum absolute atomic E-state index is 0.612. The van der Waals surface area contributed by atoms with Crippen molar-refractivity contribution < 1.29 is 0 Å². The van der Waals surface area contributed by atoms with Crippen molar-refractivity contribution in [2.24, 2.45) is 5.92 Å². The van der Waals surface area contributed by atoms with Crippen LogP contribution in [0.25, 0.3) is 0 Å². The van der Waals surface area contributed by atoms with Crippen LogP contribution in [0.5, 0.6) is 0 Å². The van der Waals surface area contributed by atoms with Gasteiger partial charge in [0, 0.05) is 12.2 Å². The maximum atomic E-state index is 4.17. The van der Waals surface area contributed by atoms with Gasteiger partial charge in [0.1, 0.15) is 12.1 Å². The highest BCUT2D eigenvalue weighted by atomic mass is 15.0. The number of hydrogen-bond acceptors (Lipinski definition) is 3. The molecule has 1 aromatic rings. The van der Waals surface area contributed by atoms with Crippen LogP contribution < -0.4 is 5.32 Å². The SMILES string of the molecule is CC1CCC(Nc2ccncn2)CC1. The Morgan fingerprint density at radius 3 is 2.71 bits per heavy atom. The fraction of sp³-hybridized carbons (Fsp3) is 0.636. The molecule has 1 fully saturated rings. The summed E-state index contributed by atoms with van der Waals surface area (Å²) in [5.41, 5.74) is 0. The maximum Gasteiger partial charge on any atom is 0.129 e. The van der Waals surface area contributed by atoms with E-state index in [9.17, 15) is 0 Å². The molecule has 0 spiro atoms. The molecule has 3 heteroatoms. The smallest absolute Gasteiger partial charge is 0.129 e. The fourth-order valence-electron chi connectivity index (χ4n) is 1.99. The van der Waals surface area contributed by atoms with Gasteiger partial charge in [0.25, 0.3) is 0 Å². The summed E-state index contributed by atoms with van der Waals surface area (Å²) in [5, 5.41) is 3.45. The van der Waals surface area contributed by atoms with Gasteiger partial charge in [0.2, 0.25) is 0 Å². The predicted octanol–water partition coefficient (Wildman–Crippen LogP) is 2.47. The van der Waals surface area contributed by atoms with E-state index in [1.54, 1.807) is 12.5 Å². The van der Waals surface area contributed by atoms with Crippen LogP contribution in [0, 0.1) is 5.92 Å². The highest BCUT2D eigenvalue weighted by Crippen LogP contribution is 2.25. The standard InChI is InChI=1S/C11H17N3/c1-9-2-4-10(5-3-9)14-11-6-7-12-8-13-11/h6-10H,2-5H2,1H3,(H,12,13,14). The molecule has 1 N–H and O–H groups in total. The maximum absolute atomic E-state index is 4.17. The van der Waals surface area contributed by atoms with Crippen LogP contribution in [0.2, 0.25) is 0 Å². The van der Waals surface area contributed by atoms with Crippen molar-refractivity contribution in [3.05, 3.63) is 18.6 Å². The molecule has 1 saturated carbocycles. The lowest BCUT2D eigenvalue weighted by molar-refractivity contribution is 0.361. The number of anilines is 1. The van der Waals surface area contributed by atoms with Crippen LogP contribution in [-0.4, -0.2) is 16.0 Å². The Morgan fingerprint density at radius 2 is 2.07 bits per heavy atom. The minimum atomic E-state index is 0.612. The van der Waals surface area contributed by atoms with Crippen LogP contribution >= 0.6 is 0 Å². The summed E-state index contributed by atoms with van der Waals surface area (Å²) in [6, 6.07) is 2.54. The molecular weight excluding hydrogens is 174 g/mol. The topological polar surface area (TPSA) is 37.8 Å². The van der Waals surface area contributed by atoms with Crippen molar-refractivity contribution >= 4 is 5.82 Å². The number of hydrogen-bond donors (Lipinski definition) is 1. The molecule has 0 amide bonds. The lowest BCUT2D eigenvalue weighted by Gasteiger charge is -2.27. The molecule has 76 valence electrons. The highest BCUT2D eigenvalue weighted by molar-refractivity contribution is 5.32. The molecule has 1 aliphatic rings. The Hall–Kier alpha value is -1.12. The second-order valence-electron chi connectivity index (χ2n) is 4.20. The Balaban J connectivity index is 1.87. The number of rotatable bonds is 2. The van der Waals surface area contributed by atoms with Gasteiger partial charge in [-0.3, -0.25) is 0 Å². The van der Waals surface area contributed by atoms with Crippen LogP contribution in [0.4, 0.5) is 5.82 Å². The summed E-state index contributed by atoms with van der Waals surface area (Å²) in [5.74, 6) is 1.86. The molecule has 1 aliphatic carbocycles. The summed E-state index contributed by atoms with van der Waals surface area (Å²) >= 11 is 0. The monoisotopic (exact) mass is 191 g/mol. The van der Waals surface area contributed by atoms with E-state index in [1.165, 1.54) is 25.7 Å². The van der Waals surface area contributed by atoms with Gasteiger partial charge in [-0.2, -0.15) is 0 Å². The van der Waals surface area contributed by atoms with E-state index >= 15 is 0 Å². The summed E-state index contributed by atoms with van der Waals surface area (Å²) < 4.78 is 0. The largest absolute Gasteiger partial charge is 0.367 e. The highest BCUT2D eigenvalue weighted by Gasteiger charge is 2.17. The second kappa shape index (κ2) is 4.40. The van der Waals surface area contributed by atoms with Gasteiger partial charge in [0.05, 0.1) is 0 Å². The molecule has 1 aromatic heterocycles. The van der Waals surface area contributed by atoms with Gasteiger partial charge in [0.15, 0.2) is 0 Å². The molecule has 0 atom stereocenters. The van der Waals surface area contributed by atoms with E-state index in [0.29, 0.717) is 6.04 Å². The molecule has 0 radical (unpaired) electrons. The van der Waals surface area contributed by atoms with Gasteiger partial charge in [-0.05, 0) is 37.7 Å². The first kappa shape index (κ1) is 9.44. The van der Waals surface area contributed by atoms with Crippen molar-refractivity contribution in [2.75, 3.05) is 5.32 Å². The normalized spacial score (nSPS) is 27.2. The Kier molecular flexibility index (Phi) is 2.96. The van der Waals surface area contributed by atoms with Crippen molar-refractivity contribution in [2.45, 2.75) is 38.6 Å². The third kappa shape index (κ3) is 2.44. The number of aromatic nitrogens is 2. The van der Waals surface area contributed by atoms with Gasteiger partial charge >= 0.3 is 0 Å². The van der Waals surface area contributed by atoms with Gasteiger partial charge in [-0.25, -0.2) is 9.97 Å². The average molecular weight is 191 g/mol.